The van der Waals surface area contributed by atoms with E-state index in [-0.39, 0.29) is 11.7 Å². The van der Waals surface area contributed by atoms with Crippen LogP contribution >= 0.6 is 0 Å². The van der Waals surface area contributed by atoms with Crippen molar-refractivity contribution in [1.29, 1.82) is 0 Å². The molecular formula is C14H22N2O4. The molecular weight excluding hydrogens is 260 g/mol. The zero-order valence-electron chi connectivity index (χ0n) is 11.9. The molecule has 112 valence electrons. The van der Waals surface area contributed by atoms with E-state index in [1.807, 2.05) is 0 Å². The molecule has 1 N–H and O–H groups in total. The second kappa shape index (κ2) is 8.01. The smallest absolute Gasteiger partial charge is 0.289 e. The van der Waals surface area contributed by atoms with Gasteiger partial charge in [0.2, 0.25) is 5.76 Å². The Kier molecular flexibility index (Phi) is 6.01. The highest BCUT2D eigenvalue weighted by Crippen LogP contribution is 2.14. The fourth-order valence-electron chi connectivity index (χ4n) is 2.10. The lowest BCUT2D eigenvalue weighted by molar-refractivity contribution is 0.0202. The molecule has 0 bridgehead atoms. The van der Waals surface area contributed by atoms with Gasteiger partial charge in [-0.15, -0.1) is 0 Å². The zero-order valence-corrected chi connectivity index (χ0v) is 11.9. The van der Waals surface area contributed by atoms with Crippen molar-refractivity contribution in [2.75, 3.05) is 33.0 Å². The number of hydrogen-bond donors (Lipinski definition) is 1. The molecule has 0 spiro atoms. The molecule has 0 saturated carbocycles. The summed E-state index contributed by atoms with van der Waals surface area (Å²) in [7, 11) is 0. The highest BCUT2D eigenvalue weighted by Gasteiger charge is 2.13. The Morgan fingerprint density at radius 3 is 3.00 bits per heavy atom. The van der Waals surface area contributed by atoms with Gasteiger partial charge in [0, 0.05) is 39.0 Å². The number of nitrogens with zero attached hydrogens (tertiary/aromatic N) is 1. The molecule has 2 rings (SSSR count). The summed E-state index contributed by atoms with van der Waals surface area (Å²) in [6.07, 6.45) is 2.96. The lowest BCUT2D eigenvalue weighted by Crippen LogP contribution is -2.25. The maximum Gasteiger partial charge on any atom is 0.289 e. The third-order valence-corrected chi connectivity index (χ3v) is 3.30. The summed E-state index contributed by atoms with van der Waals surface area (Å²) in [6, 6.07) is 1.62. The lowest BCUT2D eigenvalue weighted by atomic mass is 10.0. The minimum Gasteiger partial charge on any atom is -0.381 e. The molecule has 1 amide bonds. The third-order valence-electron chi connectivity index (χ3n) is 3.30. The van der Waals surface area contributed by atoms with E-state index in [1.54, 1.807) is 13.0 Å². The Bertz CT molecular complexity index is 413. The van der Waals surface area contributed by atoms with Gasteiger partial charge in [-0.25, -0.2) is 0 Å². The van der Waals surface area contributed by atoms with Crippen molar-refractivity contribution in [3.63, 3.8) is 0 Å². The van der Waals surface area contributed by atoms with Gasteiger partial charge in [-0.1, -0.05) is 5.16 Å². The van der Waals surface area contributed by atoms with Crippen LogP contribution in [0.1, 0.15) is 35.5 Å². The number of aryl methyl sites for hydroxylation is 1. The van der Waals surface area contributed by atoms with Crippen LogP contribution in [0.4, 0.5) is 0 Å². The van der Waals surface area contributed by atoms with E-state index in [1.165, 1.54) is 0 Å². The van der Waals surface area contributed by atoms with Crippen LogP contribution in [0.15, 0.2) is 10.6 Å². The molecule has 0 unspecified atom stereocenters. The van der Waals surface area contributed by atoms with E-state index in [0.29, 0.717) is 24.8 Å². The van der Waals surface area contributed by atoms with Gasteiger partial charge in [-0.3, -0.25) is 4.79 Å². The first-order valence-corrected chi connectivity index (χ1v) is 7.12. The van der Waals surface area contributed by atoms with Crippen molar-refractivity contribution in [3.8, 4) is 0 Å². The first-order chi connectivity index (χ1) is 9.75. The number of ether oxygens (including phenoxy) is 2. The second-order valence-electron chi connectivity index (χ2n) is 5.07. The van der Waals surface area contributed by atoms with Crippen LogP contribution in [0, 0.1) is 12.8 Å². The van der Waals surface area contributed by atoms with E-state index in [2.05, 4.69) is 10.5 Å². The van der Waals surface area contributed by atoms with Gasteiger partial charge in [0.15, 0.2) is 0 Å². The molecule has 0 atom stereocenters. The van der Waals surface area contributed by atoms with Crippen LogP contribution in [-0.2, 0) is 9.47 Å². The number of nitrogens with one attached hydrogen (secondary N) is 1. The van der Waals surface area contributed by atoms with Crippen molar-refractivity contribution in [3.05, 3.63) is 17.5 Å². The summed E-state index contributed by atoms with van der Waals surface area (Å²) < 4.78 is 15.8. The number of hydrogen-bond acceptors (Lipinski definition) is 5. The van der Waals surface area contributed by atoms with E-state index >= 15 is 0 Å². The lowest BCUT2D eigenvalue weighted by Gasteiger charge is -2.21. The first kappa shape index (κ1) is 15.0. The number of aromatic nitrogens is 1. The molecule has 0 radical (unpaired) electrons. The van der Waals surface area contributed by atoms with Gasteiger partial charge < -0.3 is 19.3 Å². The predicted octanol–water partition coefficient (Wildman–Crippen LogP) is 1.55. The van der Waals surface area contributed by atoms with Crippen LogP contribution in [-0.4, -0.2) is 44.0 Å². The first-order valence-electron chi connectivity index (χ1n) is 7.12. The largest absolute Gasteiger partial charge is 0.381 e. The monoisotopic (exact) mass is 282 g/mol. The van der Waals surface area contributed by atoms with Crippen LogP contribution in [0.3, 0.4) is 0 Å². The topological polar surface area (TPSA) is 73.6 Å². The van der Waals surface area contributed by atoms with Gasteiger partial charge in [0.05, 0.1) is 5.69 Å². The third kappa shape index (κ3) is 4.94. The highest BCUT2D eigenvalue weighted by atomic mass is 16.5. The van der Waals surface area contributed by atoms with E-state index in [0.717, 1.165) is 39.1 Å². The minimum absolute atomic E-state index is 0.227. The maximum absolute atomic E-state index is 11.6. The van der Waals surface area contributed by atoms with Gasteiger partial charge in [0.1, 0.15) is 0 Å². The molecule has 1 saturated heterocycles. The Labute approximate surface area is 118 Å². The molecule has 1 aliphatic heterocycles. The molecule has 20 heavy (non-hydrogen) atoms. The average Bonchev–Trinajstić information content (AvgIpc) is 2.90. The SMILES string of the molecule is Cc1cc(C(=O)NCCCOCC2CCOCC2)on1. The Balaban J connectivity index is 1.50. The zero-order chi connectivity index (χ0) is 14.2. The summed E-state index contributed by atoms with van der Waals surface area (Å²) in [5, 5.41) is 6.45. The highest BCUT2D eigenvalue weighted by molar-refractivity contribution is 5.91. The molecule has 1 fully saturated rings. The summed E-state index contributed by atoms with van der Waals surface area (Å²) in [5.41, 5.74) is 0.704. The van der Waals surface area contributed by atoms with Crippen LogP contribution in [0.25, 0.3) is 0 Å². The average molecular weight is 282 g/mol. The van der Waals surface area contributed by atoms with Gasteiger partial charge in [0.25, 0.3) is 5.91 Å². The van der Waals surface area contributed by atoms with E-state index in [4.69, 9.17) is 14.0 Å². The van der Waals surface area contributed by atoms with Crippen molar-refractivity contribution in [2.45, 2.75) is 26.2 Å². The summed E-state index contributed by atoms with van der Waals surface area (Å²) in [6.45, 7) is 5.50. The standard InChI is InChI=1S/C14H22N2O4/c1-11-9-13(20-16-11)14(17)15-5-2-6-19-10-12-3-7-18-8-4-12/h9,12H,2-8,10H2,1H3,(H,15,17). The number of rotatable bonds is 7. The molecule has 6 heteroatoms. The number of carbonyl (C=O) groups is 1. The van der Waals surface area contributed by atoms with Crippen LogP contribution in [0.5, 0.6) is 0 Å². The molecule has 0 aliphatic carbocycles. The summed E-state index contributed by atoms with van der Waals surface area (Å²) in [4.78, 5) is 11.6. The van der Waals surface area contributed by atoms with Crippen LogP contribution < -0.4 is 5.32 Å². The van der Waals surface area contributed by atoms with E-state index in [9.17, 15) is 4.79 Å². The molecule has 1 aromatic rings. The molecule has 1 aromatic heterocycles. The second-order valence-corrected chi connectivity index (χ2v) is 5.07. The Morgan fingerprint density at radius 1 is 1.50 bits per heavy atom. The minimum atomic E-state index is -0.227. The quantitative estimate of drug-likeness (QED) is 0.768. The van der Waals surface area contributed by atoms with E-state index < -0.39 is 0 Å². The van der Waals surface area contributed by atoms with Crippen molar-refractivity contribution in [1.82, 2.24) is 10.5 Å². The fraction of sp³-hybridized carbons (Fsp3) is 0.714. The van der Waals surface area contributed by atoms with Crippen molar-refractivity contribution in [2.24, 2.45) is 5.92 Å². The summed E-state index contributed by atoms with van der Waals surface area (Å²) in [5.74, 6) is 0.649. The predicted molar refractivity (Wildman–Crippen MR) is 72.6 cm³/mol. The fourth-order valence-corrected chi connectivity index (χ4v) is 2.10. The Hall–Kier alpha value is -1.40. The van der Waals surface area contributed by atoms with Crippen molar-refractivity contribution >= 4 is 5.91 Å². The number of amides is 1. The molecule has 6 nitrogen and oxygen atoms in total. The van der Waals surface area contributed by atoms with Gasteiger partial charge >= 0.3 is 0 Å². The number of carbonyl (C=O) groups excluding carboxylic acids is 1. The Morgan fingerprint density at radius 2 is 2.30 bits per heavy atom. The van der Waals surface area contributed by atoms with Crippen LogP contribution in [0.2, 0.25) is 0 Å². The molecule has 1 aliphatic rings. The van der Waals surface area contributed by atoms with Crippen molar-refractivity contribution < 1.29 is 18.8 Å². The maximum atomic E-state index is 11.6. The molecule has 0 aromatic carbocycles. The van der Waals surface area contributed by atoms with Gasteiger partial charge in [-0.2, -0.15) is 0 Å². The summed E-state index contributed by atoms with van der Waals surface area (Å²) >= 11 is 0. The normalized spacial score (nSPS) is 16.2. The molecule has 2 heterocycles. The van der Waals surface area contributed by atoms with Gasteiger partial charge in [-0.05, 0) is 32.1 Å².